The van der Waals surface area contributed by atoms with E-state index in [0.717, 1.165) is 18.7 Å². The van der Waals surface area contributed by atoms with E-state index in [2.05, 4.69) is 47.3 Å². The Morgan fingerprint density at radius 3 is 2.63 bits per heavy atom. The van der Waals surface area contributed by atoms with Crippen molar-refractivity contribution in [3.63, 3.8) is 0 Å². The molecule has 0 bridgehead atoms. The van der Waals surface area contributed by atoms with Crippen molar-refractivity contribution in [2.75, 3.05) is 6.54 Å². The molecule has 0 aliphatic rings. The van der Waals surface area contributed by atoms with E-state index in [1.807, 2.05) is 0 Å². The minimum absolute atomic E-state index is 0.301. The van der Waals surface area contributed by atoms with E-state index in [1.54, 1.807) is 6.07 Å². The Kier molecular flexibility index (Phi) is 7.31. The van der Waals surface area contributed by atoms with Crippen molar-refractivity contribution in [2.45, 2.75) is 52.1 Å². The van der Waals surface area contributed by atoms with Crippen LogP contribution in [0, 0.1) is 5.82 Å². The molecular weight excluding hydrogens is 359 g/mol. The average Bonchev–Trinajstić information content (AvgIpc) is 3.01. The summed E-state index contributed by atoms with van der Waals surface area (Å²) < 4.78 is 15.5. The Morgan fingerprint density at radius 1 is 1.00 bits per heavy atom. The van der Waals surface area contributed by atoms with Crippen molar-refractivity contribution in [3.8, 4) is 0 Å². The van der Waals surface area contributed by atoms with Crippen molar-refractivity contribution >= 4 is 22.5 Å². The number of rotatable bonds is 10. The summed E-state index contributed by atoms with van der Waals surface area (Å²) in [6, 6.07) is 13.0. The van der Waals surface area contributed by atoms with Crippen LogP contribution in [-0.2, 0) is 13.1 Å². The van der Waals surface area contributed by atoms with Crippen molar-refractivity contribution < 1.29 is 4.39 Å². The molecule has 0 spiro atoms. The van der Waals surface area contributed by atoms with Crippen LogP contribution < -0.4 is 5.32 Å². The standard InChI is InChI=1S/C23H28ClFN2/c1-2-3-4-5-8-13-26-15-19-17-27(23-10-7-6-9-21(19)23)16-18-11-12-20(25)14-22(18)24/h6-7,9-12,14,17,26H,2-5,8,13,15-16H2,1H3. The summed E-state index contributed by atoms with van der Waals surface area (Å²) in [7, 11) is 0. The lowest BCUT2D eigenvalue weighted by atomic mass is 10.1. The fourth-order valence-corrected chi connectivity index (χ4v) is 3.73. The van der Waals surface area contributed by atoms with Crippen LogP contribution in [0.15, 0.2) is 48.7 Å². The van der Waals surface area contributed by atoms with Gasteiger partial charge < -0.3 is 9.88 Å². The molecule has 0 aliphatic carbocycles. The normalized spacial score (nSPS) is 11.4. The van der Waals surface area contributed by atoms with Gasteiger partial charge in [0, 0.05) is 35.2 Å². The number of nitrogens with one attached hydrogen (secondary N) is 1. The Labute approximate surface area is 166 Å². The number of para-hydroxylation sites is 1. The van der Waals surface area contributed by atoms with Gasteiger partial charge in [-0.1, -0.05) is 68.5 Å². The third-order valence-electron chi connectivity index (χ3n) is 5.00. The van der Waals surface area contributed by atoms with E-state index in [9.17, 15) is 4.39 Å². The highest BCUT2D eigenvalue weighted by Gasteiger charge is 2.10. The number of hydrogen-bond acceptors (Lipinski definition) is 1. The summed E-state index contributed by atoms with van der Waals surface area (Å²) in [6.07, 6.45) is 8.66. The predicted molar refractivity (Wildman–Crippen MR) is 113 cm³/mol. The van der Waals surface area contributed by atoms with Crippen LogP contribution in [0.5, 0.6) is 0 Å². The van der Waals surface area contributed by atoms with Gasteiger partial charge in [0.1, 0.15) is 5.82 Å². The Morgan fingerprint density at radius 2 is 1.81 bits per heavy atom. The van der Waals surface area contributed by atoms with E-state index in [0.29, 0.717) is 11.6 Å². The van der Waals surface area contributed by atoms with Crippen LogP contribution in [0.25, 0.3) is 10.9 Å². The summed E-state index contributed by atoms with van der Waals surface area (Å²) >= 11 is 6.23. The van der Waals surface area contributed by atoms with Gasteiger partial charge in [-0.15, -0.1) is 0 Å². The van der Waals surface area contributed by atoms with Gasteiger partial charge in [0.05, 0.1) is 0 Å². The molecule has 2 aromatic carbocycles. The molecule has 144 valence electrons. The van der Waals surface area contributed by atoms with Crippen molar-refractivity contribution in [3.05, 3.63) is 70.6 Å². The first-order chi connectivity index (χ1) is 13.2. The van der Waals surface area contributed by atoms with Crippen LogP contribution in [-0.4, -0.2) is 11.1 Å². The summed E-state index contributed by atoms with van der Waals surface area (Å²) in [6.45, 7) is 4.79. The molecule has 0 amide bonds. The fraction of sp³-hybridized carbons (Fsp3) is 0.391. The molecule has 1 N–H and O–H groups in total. The first-order valence-electron chi connectivity index (χ1n) is 9.90. The smallest absolute Gasteiger partial charge is 0.124 e. The molecular formula is C23H28ClFN2. The average molecular weight is 387 g/mol. The van der Waals surface area contributed by atoms with E-state index in [-0.39, 0.29) is 5.82 Å². The van der Waals surface area contributed by atoms with Crippen molar-refractivity contribution in [2.24, 2.45) is 0 Å². The van der Waals surface area contributed by atoms with Gasteiger partial charge in [0.25, 0.3) is 0 Å². The minimum atomic E-state index is -0.301. The quantitative estimate of drug-likeness (QED) is 0.391. The molecule has 0 atom stereocenters. The molecule has 1 aromatic heterocycles. The van der Waals surface area contributed by atoms with Gasteiger partial charge in [-0.25, -0.2) is 4.39 Å². The Hall–Kier alpha value is -1.84. The highest BCUT2D eigenvalue weighted by Crippen LogP contribution is 2.25. The second-order valence-corrected chi connectivity index (χ2v) is 7.53. The van der Waals surface area contributed by atoms with Crippen LogP contribution in [0.2, 0.25) is 5.02 Å². The molecule has 3 rings (SSSR count). The molecule has 0 unspecified atom stereocenters. The number of nitrogens with zero attached hydrogens (tertiary/aromatic N) is 1. The molecule has 0 saturated heterocycles. The van der Waals surface area contributed by atoms with Crippen molar-refractivity contribution in [1.82, 2.24) is 9.88 Å². The number of aromatic nitrogens is 1. The largest absolute Gasteiger partial charge is 0.343 e. The van der Waals surface area contributed by atoms with Crippen LogP contribution >= 0.6 is 11.6 Å². The summed E-state index contributed by atoms with van der Waals surface area (Å²) in [5, 5.41) is 5.31. The zero-order valence-electron chi connectivity index (χ0n) is 16.0. The lowest BCUT2D eigenvalue weighted by Gasteiger charge is -2.07. The number of benzene rings is 2. The molecule has 27 heavy (non-hydrogen) atoms. The third kappa shape index (κ3) is 5.33. The number of halogens is 2. The SMILES string of the molecule is CCCCCCCNCc1cn(Cc2ccc(F)cc2Cl)c2ccccc12. The number of unbranched alkanes of at least 4 members (excludes halogenated alkanes) is 4. The fourth-order valence-electron chi connectivity index (χ4n) is 3.50. The highest BCUT2D eigenvalue weighted by atomic mass is 35.5. The summed E-state index contributed by atoms with van der Waals surface area (Å²) in [5.41, 5.74) is 3.39. The summed E-state index contributed by atoms with van der Waals surface area (Å²) in [5.74, 6) is -0.301. The molecule has 1 heterocycles. The maximum Gasteiger partial charge on any atom is 0.124 e. The maximum absolute atomic E-state index is 13.3. The summed E-state index contributed by atoms with van der Waals surface area (Å²) in [4.78, 5) is 0. The molecule has 0 aliphatic heterocycles. The van der Waals surface area contributed by atoms with E-state index >= 15 is 0 Å². The number of hydrogen-bond donors (Lipinski definition) is 1. The molecule has 0 fully saturated rings. The lowest BCUT2D eigenvalue weighted by molar-refractivity contribution is 0.584. The predicted octanol–water partition coefficient (Wildman–Crippen LogP) is 6.54. The first-order valence-corrected chi connectivity index (χ1v) is 10.3. The number of fused-ring (bicyclic) bond motifs is 1. The molecule has 3 aromatic rings. The van der Waals surface area contributed by atoms with Crippen LogP contribution in [0.1, 0.15) is 50.2 Å². The Bertz CT molecular complexity index is 872. The lowest BCUT2D eigenvalue weighted by Crippen LogP contribution is -2.14. The van der Waals surface area contributed by atoms with Gasteiger partial charge in [-0.3, -0.25) is 0 Å². The molecule has 0 radical (unpaired) electrons. The zero-order chi connectivity index (χ0) is 19.1. The van der Waals surface area contributed by atoms with Gasteiger partial charge in [0.15, 0.2) is 0 Å². The molecule has 2 nitrogen and oxygen atoms in total. The second kappa shape index (κ2) is 9.91. The minimum Gasteiger partial charge on any atom is -0.343 e. The van der Waals surface area contributed by atoms with Gasteiger partial charge >= 0.3 is 0 Å². The first kappa shape index (κ1) is 19.9. The second-order valence-electron chi connectivity index (χ2n) is 7.13. The third-order valence-corrected chi connectivity index (χ3v) is 5.35. The maximum atomic E-state index is 13.3. The van der Waals surface area contributed by atoms with E-state index in [1.165, 1.54) is 60.7 Å². The van der Waals surface area contributed by atoms with Crippen LogP contribution in [0.4, 0.5) is 4.39 Å². The Balaban J connectivity index is 1.68. The van der Waals surface area contributed by atoms with E-state index in [4.69, 9.17) is 11.6 Å². The van der Waals surface area contributed by atoms with Gasteiger partial charge in [-0.05, 0) is 42.3 Å². The molecule has 4 heteroatoms. The van der Waals surface area contributed by atoms with Gasteiger partial charge in [-0.2, -0.15) is 0 Å². The van der Waals surface area contributed by atoms with Crippen LogP contribution in [0.3, 0.4) is 0 Å². The van der Waals surface area contributed by atoms with E-state index < -0.39 is 0 Å². The van der Waals surface area contributed by atoms with Crippen molar-refractivity contribution in [1.29, 1.82) is 0 Å². The highest BCUT2D eigenvalue weighted by molar-refractivity contribution is 6.31. The van der Waals surface area contributed by atoms with Gasteiger partial charge in [0.2, 0.25) is 0 Å². The monoisotopic (exact) mass is 386 g/mol. The zero-order valence-corrected chi connectivity index (χ0v) is 16.7. The topological polar surface area (TPSA) is 17.0 Å². The molecule has 0 saturated carbocycles.